The minimum absolute atomic E-state index is 0.0301. The van der Waals surface area contributed by atoms with E-state index in [1.54, 1.807) is 36.4 Å². The van der Waals surface area contributed by atoms with Crippen molar-refractivity contribution in [3.05, 3.63) is 87.7 Å². The van der Waals surface area contributed by atoms with Gasteiger partial charge < -0.3 is 14.9 Å². The molecule has 3 aromatic carbocycles. The van der Waals surface area contributed by atoms with Crippen LogP contribution in [0.2, 0.25) is 0 Å². The van der Waals surface area contributed by atoms with Gasteiger partial charge >= 0.3 is 12.3 Å². The summed E-state index contributed by atoms with van der Waals surface area (Å²) in [5.74, 6) is -1.89. The number of alkyl halides is 3. The summed E-state index contributed by atoms with van der Waals surface area (Å²) < 4.78 is 42.5. The maximum absolute atomic E-state index is 13.7. The van der Waals surface area contributed by atoms with E-state index in [1.165, 1.54) is 47.1 Å². The average molecular weight is 556 g/mol. The number of phenolic OH excluding ortho intramolecular Hbond substituents is 1. The summed E-state index contributed by atoms with van der Waals surface area (Å²) in [5, 5.41) is 21.8. The number of carboxylic acids is 1. The summed E-state index contributed by atoms with van der Waals surface area (Å²) in [7, 11) is 0. The number of carbonyl (C=O) groups excluding carboxylic acids is 1. The van der Waals surface area contributed by atoms with Gasteiger partial charge in [0.05, 0.1) is 4.88 Å². The largest absolute Gasteiger partial charge is 0.573 e. The van der Waals surface area contributed by atoms with Gasteiger partial charge in [-0.05, 0) is 54.4 Å². The number of hydrogen-bond donors (Lipinski definition) is 2. The van der Waals surface area contributed by atoms with Crippen molar-refractivity contribution >= 4 is 44.5 Å². The molecule has 0 spiro atoms. The number of carbonyl (C=O) groups is 2. The Morgan fingerprint density at radius 2 is 1.68 bits per heavy atom. The maximum atomic E-state index is 13.7. The molecule has 0 aliphatic rings. The molecule has 6 nitrogen and oxygen atoms in total. The van der Waals surface area contributed by atoms with Crippen LogP contribution in [-0.4, -0.2) is 33.3 Å². The van der Waals surface area contributed by atoms with Crippen molar-refractivity contribution in [3.63, 3.8) is 0 Å². The first-order chi connectivity index (χ1) is 18.0. The third-order valence-corrected chi connectivity index (χ3v) is 7.74. The van der Waals surface area contributed by atoms with Crippen LogP contribution >= 0.6 is 22.7 Å². The monoisotopic (exact) mass is 555 g/mol. The zero-order chi connectivity index (χ0) is 27.2. The summed E-state index contributed by atoms with van der Waals surface area (Å²) in [6, 6.07) is 15.4. The number of aryl methyl sites for hydroxylation is 1. The number of nitrogens with zero attached hydrogens (tertiary/aromatic N) is 1. The Balaban J connectivity index is 1.58. The summed E-state index contributed by atoms with van der Waals surface area (Å²) in [5.41, 5.74) is 2.49. The van der Waals surface area contributed by atoms with Gasteiger partial charge in [0.2, 0.25) is 5.78 Å². The first-order valence-electron chi connectivity index (χ1n) is 11.0. The molecule has 0 unspecified atom stereocenters. The van der Waals surface area contributed by atoms with Gasteiger partial charge in [-0.1, -0.05) is 24.3 Å². The highest BCUT2D eigenvalue weighted by Crippen LogP contribution is 2.42. The Morgan fingerprint density at radius 3 is 2.32 bits per heavy atom. The van der Waals surface area contributed by atoms with E-state index in [-0.39, 0.29) is 22.8 Å². The Labute approximate surface area is 221 Å². The lowest BCUT2D eigenvalue weighted by Gasteiger charge is -2.12. The van der Waals surface area contributed by atoms with Crippen LogP contribution in [0.5, 0.6) is 11.5 Å². The van der Waals surface area contributed by atoms with E-state index in [9.17, 15) is 27.9 Å². The number of aromatic hydroxyl groups is 1. The second-order valence-electron chi connectivity index (χ2n) is 8.26. The number of fused-ring (bicyclic) bond motifs is 1. The molecule has 38 heavy (non-hydrogen) atoms. The molecule has 2 N–H and O–H groups in total. The highest BCUT2D eigenvalue weighted by Gasteiger charge is 2.31. The quantitative estimate of drug-likeness (QED) is 0.210. The van der Waals surface area contributed by atoms with E-state index in [4.69, 9.17) is 5.11 Å². The van der Waals surface area contributed by atoms with Crippen molar-refractivity contribution in [1.82, 2.24) is 4.98 Å². The van der Waals surface area contributed by atoms with Crippen molar-refractivity contribution in [1.29, 1.82) is 0 Å². The van der Waals surface area contributed by atoms with E-state index in [0.29, 0.717) is 36.8 Å². The number of aromatic nitrogens is 1. The zero-order valence-corrected chi connectivity index (χ0v) is 21.0. The van der Waals surface area contributed by atoms with E-state index < -0.39 is 18.1 Å². The predicted molar refractivity (Wildman–Crippen MR) is 138 cm³/mol. The van der Waals surface area contributed by atoms with Gasteiger partial charge in [0.25, 0.3) is 0 Å². The molecular formula is C27H16F3NO5S2. The van der Waals surface area contributed by atoms with Crippen LogP contribution < -0.4 is 4.74 Å². The van der Waals surface area contributed by atoms with Crippen LogP contribution in [0.3, 0.4) is 0 Å². The number of thiophene rings is 1. The number of benzene rings is 3. The standard InChI is InChI=1S/C27H16F3NO5S2/c1-13-10-17(36-27(28,29)30)7-9-18(13)23(33)24-22(19-8-6-16(32)11-21(19)38-24)14-2-4-15(5-3-14)25-31-20(12-37-25)26(34)35/h2-12,32H,1H3,(H,34,35). The Hall–Kier alpha value is -4.22. The van der Waals surface area contributed by atoms with Crippen LogP contribution in [0.4, 0.5) is 13.2 Å². The Kier molecular flexibility index (Phi) is 6.41. The highest BCUT2D eigenvalue weighted by atomic mass is 32.1. The number of aromatic carboxylic acids is 1. The third kappa shape index (κ3) is 4.98. The number of halogens is 3. The van der Waals surface area contributed by atoms with Gasteiger partial charge in [0.1, 0.15) is 16.5 Å². The van der Waals surface area contributed by atoms with E-state index in [0.717, 1.165) is 17.5 Å². The molecule has 2 aromatic heterocycles. The maximum Gasteiger partial charge on any atom is 0.573 e. The summed E-state index contributed by atoms with van der Waals surface area (Å²) in [4.78, 5) is 29.3. The molecule has 5 aromatic rings. The number of ketones is 1. The molecule has 0 saturated heterocycles. The molecule has 0 radical (unpaired) electrons. The fraction of sp³-hybridized carbons (Fsp3) is 0.0741. The molecule has 0 amide bonds. The SMILES string of the molecule is Cc1cc(OC(F)(F)F)ccc1C(=O)c1sc2cc(O)ccc2c1-c1ccc(-c2nc(C(=O)O)cs2)cc1. The normalized spacial score (nSPS) is 11.6. The number of phenols is 1. The van der Waals surface area contributed by atoms with Crippen LogP contribution in [0.15, 0.2) is 66.0 Å². The van der Waals surface area contributed by atoms with E-state index in [1.807, 2.05) is 0 Å². The molecule has 2 heterocycles. The van der Waals surface area contributed by atoms with Crippen LogP contribution in [0.1, 0.15) is 31.3 Å². The summed E-state index contributed by atoms with van der Waals surface area (Å²) >= 11 is 2.37. The molecular weight excluding hydrogens is 539 g/mol. The van der Waals surface area contributed by atoms with Gasteiger partial charge in [-0.15, -0.1) is 35.8 Å². The molecule has 0 atom stereocenters. The van der Waals surface area contributed by atoms with Crippen LogP contribution in [0.25, 0.3) is 31.8 Å². The van der Waals surface area contributed by atoms with Gasteiger partial charge in [-0.25, -0.2) is 9.78 Å². The van der Waals surface area contributed by atoms with E-state index >= 15 is 0 Å². The van der Waals surface area contributed by atoms with Gasteiger partial charge in [0.15, 0.2) is 5.69 Å². The average Bonchev–Trinajstić information content (AvgIpc) is 3.48. The molecule has 0 bridgehead atoms. The number of hydrogen-bond acceptors (Lipinski definition) is 7. The number of carboxylic acid groups (broad SMARTS) is 1. The fourth-order valence-corrected chi connectivity index (χ4v) is 6.04. The molecule has 0 aliphatic heterocycles. The molecule has 5 rings (SSSR count). The predicted octanol–water partition coefficient (Wildman–Crippen LogP) is 7.53. The smallest absolute Gasteiger partial charge is 0.508 e. The third-order valence-electron chi connectivity index (χ3n) is 5.70. The Morgan fingerprint density at radius 1 is 0.974 bits per heavy atom. The number of ether oxygens (including phenoxy) is 1. The van der Waals surface area contributed by atoms with Crippen molar-refractivity contribution < 1.29 is 37.7 Å². The summed E-state index contributed by atoms with van der Waals surface area (Å²) in [6.07, 6.45) is -4.85. The molecule has 192 valence electrons. The second-order valence-corrected chi connectivity index (χ2v) is 10.2. The molecule has 11 heteroatoms. The minimum Gasteiger partial charge on any atom is -0.508 e. The van der Waals surface area contributed by atoms with E-state index in [2.05, 4.69) is 9.72 Å². The first kappa shape index (κ1) is 25.4. The number of thiazole rings is 1. The Bertz CT molecular complexity index is 1700. The second kappa shape index (κ2) is 9.58. The van der Waals surface area contributed by atoms with Crippen molar-refractivity contribution in [2.75, 3.05) is 0 Å². The first-order valence-corrected chi connectivity index (χ1v) is 12.7. The van der Waals surface area contributed by atoms with Crippen LogP contribution in [0, 0.1) is 6.92 Å². The lowest BCUT2D eigenvalue weighted by atomic mass is 9.96. The van der Waals surface area contributed by atoms with Crippen molar-refractivity contribution in [2.24, 2.45) is 0 Å². The van der Waals surface area contributed by atoms with Gasteiger partial charge in [-0.2, -0.15) is 0 Å². The van der Waals surface area contributed by atoms with Gasteiger partial charge in [0, 0.05) is 32.2 Å². The van der Waals surface area contributed by atoms with Gasteiger partial charge in [-0.3, -0.25) is 4.79 Å². The van der Waals surface area contributed by atoms with Crippen molar-refractivity contribution in [3.8, 4) is 33.2 Å². The fourth-order valence-electron chi connectivity index (χ4n) is 4.03. The minimum atomic E-state index is -4.85. The van der Waals surface area contributed by atoms with Crippen LogP contribution in [-0.2, 0) is 0 Å². The topological polar surface area (TPSA) is 96.7 Å². The molecule has 0 saturated carbocycles. The molecule has 0 aliphatic carbocycles. The number of rotatable bonds is 6. The molecule has 0 fully saturated rings. The lowest BCUT2D eigenvalue weighted by molar-refractivity contribution is -0.274. The summed E-state index contributed by atoms with van der Waals surface area (Å²) in [6.45, 7) is 1.53. The lowest BCUT2D eigenvalue weighted by Crippen LogP contribution is -2.17. The van der Waals surface area contributed by atoms with Crippen molar-refractivity contribution in [2.45, 2.75) is 13.3 Å². The highest BCUT2D eigenvalue weighted by molar-refractivity contribution is 7.21. The zero-order valence-electron chi connectivity index (χ0n) is 19.4.